The molecule has 24 heavy (non-hydrogen) atoms. The van der Waals surface area contributed by atoms with Gasteiger partial charge < -0.3 is 4.52 Å². The van der Waals surface area contributed by atoms with Crippen molar-refractivity contribution in [1.82, 2.24) is 14.9 Å². The second-order valence-corrected chi connectivity index (χ2v) is 7.11. The van der Waals surface area contributed by atoms with E-state index in [0.29, 0.717) is 18.1 Å². The summed E-state index contributed by atoms with van der Waals surface area (Å²) < 4.78 is 32.2. The fourth-order valence-electron chi connectivity index (χ4n) is 2.22. The summed E-state index contributed by atoms with van der Waals surface area (Å²) in [5, 5.41) is 3.91. The Hall–Kier alpha value is -2.51. The van der Waals surface area contributed by atoms with Crippen LogP contribution in [0.25, 0.3) is 11.4 Å². The summed E-state index contributed by atoms with van der Waals surface area (Å²) in [4.78, 5) is 4.52. The van der Waals surface area contributed by atoms with Gasteiger partial charge in [0.1, 0.15) is 0 Å². The molecule has 0 aliphatic carbocycles. The third-order valence-electron chi connectivity index (χ3n) is 3.43. The molecule has 124 valence electrons. The van der Waals surface area contributed by atoms with Crippen molar-refractivity contribution < 1.29 is 12.9 Å². The summed E-state index contributed by atoms with van der Waals surface area (Å²) in [6.07, 6.45) is 0.324. The van der Waals surface area contributed by atoms with E-state index in [1.54, 1.807) is 18.2 Å². The first-order valence-corrected chi connectivity index (χ1v) is 8.97. The first-order valence-electron chi connectivity index (χ1n) is 7.49. The van der Waals surface area contributed by atoms with Crippen molar-refractivity contribution in [3.63, 3.8) is 0 Å². The lowest BCUT2D eigenvalue weighted by Crippen LogP contribution is -2.26. The van der Waals surface area contributed by atoms with Crippen LogP contribution in [-0.2, 0) is 16.4 Å². The van der Waals surface area contributed by atoms with Crippen LogP contribution in [0.5, 0.6) is 0 Å². The molecule has 0 unspecified atom stereocenters. The van der Waals surface area contributed by atoms with Crippen molar-refractivity contribution in [3.05, 3.63) is 66.1 Å². The molecule has 0 radical (unpaired) electrons. The van der Waals surface area contributed by atoms with E-state index >= 15 is 0 Å². The highest BCUT2D eigenvalue weighted by atomic mass is 32.2. The Morgan fingerprint density at radius 2 is 1.88 bits per heavy atom. The van der Waals surface area contributed by atoms with Crippen LogP contribution in [0.4, 0.5) is 0 Å². The van der Waals surface area contributed by atoms with E-state index in [4.69, 9.17) is 4.52 Å². The lowest BCUT2D eigenvalue weighted by molar-refractivity contribution is 0.379. The third-order valence-corrected chi connectivity index (χ3v) is 4.89. The molecule has 0 bridgehead atoms. The quantitative estimate of drug-likeness (QED) is 0.743. The van der Waals surface area contributed by atoms with Crippen LogP contribution in [0.1, 0.15) is 11.5 Å². The Kier molecular flexibility index (Phi) is 4.73. The molecule has 0 spiro atoms. The summed E-state index contributed by atoms with van der Waals surface area (Å²) in [7, 11) is -3.54. The molecular weight excluding hydrogens is 326 g/mol. The molecule has 0 saturated heterocycles. The van der Waals surface area contributed by atoms with E-state index in [9.17, 15) is 8.42 Å². The van der Waals surface area contributed by atoms with Gasteiger partial charge in [-0.1, -0.05) is 47.6 Å². The summed E-state index contributed by atoms with van der Waals surface area (Å²) in [6.45, 7) is 2.04. The first kappa shape index (κ1) is 16.4. The van der Waals surface area contributed by atoms with E-state index in [1.165, 1.54) is 0 Å². The highest BCUT2D eigenvalue weighted by Crippen LogP contribution is 2.15. The number of aryl methyl sites for hydroxylation is 1. The second-order valence-electron chi connectivity index (χ2n) is 5.34. The minimum atomic E-state index is -3.54. The van der Waals surface area contributed by atoms with Crippen LogP contribution in [0.2, 0.25) is 0 Å². The Bertz CT molecular complexity index is 921. The van der Waals surface area contributed by atoms with Crippen molar-refractivity contribution in [2.45, 2.75) is 18.2 Å². The lowest BCUT2D eigenvalue weighted by Gasteiger charge is -2.06. The maximum absolute atomic E-state index is 12.2. The van der Waals surface area contributed by atoms with Crippen LogP contribution in [0.3, 0.4) is 0 Å². The Labute approximate surface area is 140 Å². The van der Waals surface area contributed by atoms with Crippen molar-refractivity contribution in [1.29, 1.82) is 0 Å². The average molecular weight is 343 g/mol. The topological polar surface area (TPSA) is 85.1 Å². The fraction of sp³-hybridized carbons (Fsp3) is 0.176. The molecule has 3 rings (SSSR count). The van der Waals surface area contributed by atoms with E-state index < -0.39 is 10.0 Å². The van der Waals surface area contributed by atoms with Crippen LogP contribution < -0.4 is 4.72 Å². The molecule has 0 aliphatic rings. The lowest BCUT2D eigenvalue weighted by atomic mass is 10.2. The molecule has 0 amide bonds. The number of benzene rings is 2. The number of nitrogens with one attached hydrogen (secondary N) is 1. The van der Waals surface area contributed by atoms with Crippen LogP contribution in [0.15, 0.2) is 64.0 Å². The highest BCUT2D eigenvalue weighted by Gasteiger charge is 2.14. The molecule has 0 fully saturated rings. The normalized spacial score (nSPS) is 11.5. The monoisotopic (exact) mass is 343 g/mol. The van der Waals surface area contributed by atoms with E-state index in [1.807, 2.05) is 43.3 Å². The molecular formula is C17H17N3O3S. The smallest absolute Gasteiger partial charge is 0.240 e. The number of hydrogen-bond donors (Lipinski definition) is 1. The summed E-state index contributed by atoms with van der Waals surface area (Å²) in [5.41, 5.74) is 1.75. The number of aromatic nitrogens is 2. The van der Waals surface area contributed by atoms with E-state index in [0.717, 1.165) is 11.1 Å². The van der Waals surface area contributed by atoms with Gasteiger partial charge in [0.05, 0.1) is 4.90 Å². The SMILES string of the molecule is Cc1cccc(S(=O)(=O)NCCc2nc(-c3ccccc3)no2)c1. The number of hydrogen-bond acceptors (Lipinski definition) is 5. The third kappa shape index (κ3) is 3.87. The van der Waals surface area contributed by atoms with E-state index in [2.05, 4.69) is 14.9 Å². The van der Waals surface area contributed by atoms with E-state index in [-0.39, 0.29) is 11.4 Å². The van der Waals surface area contributed by atoms with Gasteiger partial charge in [0, 0.05) is 18.5 Å². The van der Waals surface area contributed by atoms with Gasteiger partial charge in [-0.2, -0.15) is 4.98 Å². The molecule has 1 aromatic heterocycles. The maximum Gasteiger partial charge on any atom is 0.240 e. The largest absolute Gasteiger partial charge is 0.339 e. The van der Waals surface area contributed by atoms with Crippen LogP contribution >= 0.6 is 0 Å². The minimum Gasteiger partial charge on any atom is -0.339 e. The van der Waals surface area contributed by atoms with Crippen LogP contribution in [-0.4, -0.2) is 25.1 Å². The molecule has 0 aliphatic heterocycles. The number of rotatable bonds is 6. The highest BCUT2D eigenvalue weighted by molar-refractivity contribution is 7.89. The second kappa shape index (κ2) is 6.94. The van der Waals surface area contributed by atoms with Crippen molar-refractivity contribution in [2.24, 2.45) is 0 Å². The Balaban J connectivity index is 1.62. The zero-order valence-corrected chi connectivity index (χ0v) is 14.0. The maximum atomic E-state index is 12.2. The molecule has 0 atom stereocenters. The first-order chi connectivity index (χ1) is 11.5. The Morgan fingerprint density at radius 1 is 1.08 bits per heavy atom. The van der Waals surface area contributed by atoms with Gasteiger partial charge in [-0.3, -0.25) is 0 Å². The summed E-state index contributed by atoms with van der Waals surface area (Å²) >= 11 is 0. The van der Waals surface area contributed by atoms with Crippen molar-refractivity contribution in [3.8, 4) is 11.4 Å². The van der Waals surface area contributed by atoms with Gasteiger partial charge in [0.15, 0.2) is 0 Å². The zero-order chi connectivity index (χ0) is 17.0. The molecule has 0 saturated carbocycles. The van der Waals surface area contributed by atoms with Gasteiger partial charge in [-0.15, -0.1) is 0 Å². The van der Waals surface area contributed by atoms with Gasteiger partial charge in [0.2, 0.25) is 21.7 Å². The summed E-state index contributed by atoms with van der Waals surface area (Å²) in [6, 6.07) is 16.2. The molecule has 3 aromatic rings. The van der Waals surface area contributed by atoms with Gasteiger partial charge in [0.25, 0.3) is 0 Å². The standard InChI is InChI=1S/C17H17N3O3S/c1-13-6-5-9-15(12-13)24(21,22)18-11-10-16-19-17(20-23-16)14-7-3-2-4-8-14/h2-9,12,18H,10-11H2,1H3. The van der Waals surface area contributed by atoms with Gasteiger partial charge >= 0.3 is 0 Å². The van der Waals surface area contributed by atoms with Crippen molar-refractivity contribution >= 4 is 10.0 Å². The predicted molar refractivity (Wildman–Crippen MR) is 89.8 cm³/mol. The average Bonchev–Trinajstić information content (AvgIpc) is 3.04. The van der Waals surface area contributed by atoms with Gasteiger partial charge in [-0.25, -0.2) is 13.1 Å². The molecule has 2 aromatic carbocycles. The molecule has 6 nitrogen and oxygen atoms in total. The zero-order valence-electron chi connectivity index (χ0n) is 13.1. The molecule has 7 heteroatoms. The number of sulfonamides is 1. The van der Waals surface area contributed by atoms with Gasteiger partial charge in [-0.05, 0) is 24.6 Å². The molecule has 1 N–H and O–H groups in total. The minimum absolute atomic E-state index is 0.187. The predicted octanol–water partition coefficient (Wildman–Crippen LogP) is 2.57. The number of nitrogens with zero attached hydrogens (tertiary/aromatic N) is 2. The summed E-state index contributed by atoms with van der Waals surface area (Å²) in [5.74, 6) is 0.882. The fourth-order valence-corrected chi connectivity index (χ4v) is 3.36. The molecule has 1 heterocycles. The van der Waals surface area contributed by atoms with Crippen LogP contribution in [0, 0.1) is 6.92 Å². The van der Waals surface area contributed by atoms with Crippen molar-refractivity contribution in [2.75, 3.05) is 6.54 Å². The Morgan fingerprint density at radius 3 is 2.62 bits per heavy atom.